The predicted molar refractivity (Wildman–Crippen MR) is 72.1 cm³/mol. The van der Waals surface area contributed by atoms with Crippen molar-refractivity contribution in [3.05, 3.63) is 58.1 Å². The molecule has 2 aromatic rings. The molecule has 0 aliphatic carbocycles. The summed E-state index contributed by atoms with van der Waals surface area (Å²) in [7, 11) is 1.38. The van der Waals surface area contributed by atoms with Gasteiger partial charge in [-0.05, 0) is 35.9 Å². The van der Waals surface area contributed by atoms with Gasteiger partial charge >= 0.3 is 5.69 Å². The molecule has 0 amide bonds. The van der Waals surface area contributed by atoms with Gasteiger partial charge in [0.1, 0.15) is 18.1 Å². The van der Waals surface area contributed by atoms with Crippen molar-refractivity contribution in [2.75, 3.05) is 7.11 Å². The fraction of sp³-hybridized carbons (Fsp3) is 0.143. The molecular formula is C14H13NO5. The molecule has 1 N–H and O–H groups in total. The highest BCUT2D eigenvalue weighted by Gasteiger charge is 2.15. The number of nitro benzene ring substituents is 1. The number of phenolic OH excluding ortho intramolecular Hbond substituents is 1. The molecule has 0 aromatic heterocycles. The van der Waals surface area contributed by atoms with Gasteiger partial charge in [-0.2, -0.15) is 0 Å². The van der Waals surface area contributed by atoms with E-state index >= 15 is 0 Å². The molecule has 104 valence electrons. The normalized spacial score (nSPS) is 10.1. The van der Waals surface area contributed by atoms with E-state index in [-0.39, 0.29) is 23.8 Å². The zero-order chi connectivity index (χ0) is 14.5. The van der Waals surface area contributed by atoms with E-state index in [4.69, 9.17) is 14.6 Å². The number of rotatable bonds is 5. The molecule has 0 aliphatic heterocycles. The van der Waals surface area contributed by atoms with Gasteiger partial charge in [-0.1, -0.05) is 6.07 Å². The molecule has 0 bridgehead atoms. The van der Waals surface area contributed by atoms with Crippen molar-refractivity contribution in [2.24, 2.45) is 0 Å². The van der Waals surface area contributed by atoms with Crippen molar-refractivity contribution in [1.82, 2.24) is 0 Å². The van der Waals surface area contributed by atoms with Crippen molar-refractivity contribution in [3.63, 3.8) is 0 Å². The molecule has 0 unspecified atom stereocenters. The van der Waals surface area contributed by atoms with Crippen LogP contribution in [0.15, 0.2) is 42.5 Å². The third-order valence-electron chi connectivity index (χ3n) is 2.68. The van der Waals surface area contributed by atoms with E-state index in [2.05, 4.69) is 0 Å². The molecule has 0 fully saturated rings. The highest BCUT2D eigenvalue weighted by molar-refractivity contribution is 5.48. The maximum Gasteiger partial charge on any atom is 0.311 e. The van der Waals surface area contributed by atoms with Crippen molar-refractivity contribution in [3.8, 4) is 17.2 Å². The third kappa shape index (κ3) is 3.17. The van der Waals surface area contributed by atoms with Gasteiger partial charge in [0.2, 0.25) is 0 Å². The standard InChI is InChI=1S/C14H13NO5/c1-19-14-7-2-10(8-13(14)15(17)18)9-20-12-5-3-11(16)4-6-12/h2-8,16H,9H2,1H3. The Balaban J connectivity index is 2.11. The molecule has 0 atom stereocenters. The lowest BCUT2D eigenvalue weighted by Crippen LogP contribution is -1.99. The van der Waals surface area contributed by atoms with Gasteiger partial charge in [-0.3, -0.25) is 10.1 Å². The van der Waals surface area contributed by atoms with Crippen LogP contribution < -0.4 is 9.47 Å². The summed E-state index contributed by atoms with van der Waals surface area (Å²) >= 11 is 0. The lowest BCUT2D eigenvalue weighted by atomic mass is 10.2. The summed E-state index contributed by atoms with van der Waals surface area (Å²) in [5.41, 5.74) is 0.560. The molecule has 0 saturated heterocycles. The molecule has 2 aromatic carbocycles. The molecule has 0 radical (unpaired) electrons. The maximum absolute atomic E-state index is 10.9. The number of hydrogen-bond acceptors (Lipinski definition) is 5. The van der Waals surface area contributed by atoms with E-state index in [1.165, 1.54) is 31.4 Å². The monoisotopic (exact) mass is 275 g/mol. The van der Waals surface area contributed by atoms with Crippen LogP contribution in [0, 0.1) is 10.1 Å². The molecule has 0 saturated carbocycles. The highest BCUT2D eigenvalue weighted by Crippen LogP contribution is 2.28. The van der Waals surface area contributed by atoms with Crippen LogP contribution >= 0.6 is 0 Å². The number of nitrogens with zero attached hydrogens (tertiary/aromatic N) is 1. The van der Waals surface area contributed by atoms with Crippen LogP contribution in [0.5, 0.6) is 17.2 Å². The fourth-order valence-corrected chi connectivity index (χ4v) is 1.68. The third-order valence-corrected chi connectivity index (χ3v) is 2.68. The molecule has 6 heteroatoms. The van der Waals surface area contributed by atoms with Crippen molar-refractivity contribution in [2.45, 2.75) is 6.61 Å². The first-order chi connectivity index (χ1) is 9.60. The zero-order valence-corrected chi connectivity index (χ0v) is 10.8. The first kappa shape index (κ1) is 13.7. The molecule has 0 aliphatic rings. The summed E-state index contributed by atoms with van der Waals surface area (Å²) in [5, 5.41) is 20.1. The number of aromatic hydroxyl groups is 1. The average molecular weight is 275 g/mol. The Hall–Kier alpha value is -2.76. The first-order valence-corrected chi connectivity index (χ1v) is 5.83. The topological polar surface area (TPSA) is 81.8 Å². The number of benzene rings is 2. The summed E-state index contributed by atoms with van der Waals surface area (Å²) in [6, 6.07) is 10.9. The van der Waals surface area contributed by atoms with Gasteiger partial charge in [-0.25, -0.2) is 0 Å². The Morgan fingerprint density at radius 3 is 2.50 bits per heavy atom. The molecule has 0 heterocycles. The second-order valence-electron chi connectivity index (χ2n) is 4.05. The Morgan fingerprint density at radius 2 is 1.90 bits per heavy atom. The average Bonchev–Trinajstić information content (AvgIpc) is 2.46. The lowest BCUT2D eigenvalue weighted by molar-refractivity contribution is -0.385. The van der Waals surface area contributed by atoms with Crippen molar-refractivity contribution >= 4 is 5.69 Å². The smallest absolute Gasteiger partial charge is 0.311 e. The summed E-state index contributed by atoms with van der Waals surface area (Å²) < 4.78 is 10.4. The minimum atomic E-state index is -0.497. The van der Waals surface area contributed by atoms with Gasteiger partial charge < -0.3 is 14.6 Å². The van der Waals surface area contributed by atoms with Crippen LogP contribution in [0.25, 0.3) is 0 Å². The van der Waals surface area contributed by atoms with E-state index in [1.807, 2.05) is 0 Å². The van der Waals surface area contributed by atoms with Crippen LogP contribution in [0.3, 0.4) is 0 Å². The predicted octanol–water partition coefficient (Wildman–Crippen LogP) is 2.89. The van der Waals surface area contributed by atoms with Crippen molar-refractivity contribution < 1.29 is 19.5 Å². The maximum atomic E-state index is 10.9. The molecule has 2 rings (SSSR count). The number of ether oxygens (including phenoxy) is 2. The van der Waals surface area contributed by atoms with Gasteiger partial charge in [0.25, 0.3) is 0 Å². The van der Waals surface area contributed by atoms with Gasteiger partial charge in [0, 0.05) is 6.07 Å². The second-order valence-corrected chi connectivity index (χ2v) is 4.05. The number of methoxy groups -OCH3 is 1. The van der Waals surface area contributed by atoms with Crippen LogP contribution in [0.4, 0.5) is 5.69 Å². The summed E-state index contributed by atoms with van der Waals surface area (Å²) in [6.45, 7) is 0.190. The number of hydrogen-bond donors (Lipinski definition) is 1. The Kier molecular flexibility index (Phi) is 4.05. The SMILES string of the molecule is COc1ccc(COc2ccc(O)cc2)cc1[N+](=O)[O-]. The van der Waals surface area contributed by atoms with E-state index in [9.17, 15) is 10.1 Å². The fourth-order valence-electron chi connectivity index (χ4n) is 1.68. The van der Waals surface area contributed by atoms with E-state index < -0.39 is 4.92 Å². The largest absolute Gasteiger partial charge is 0.508 e. The summed E-state index contributed by atoms with van der Waals surface area (Å²) in [6.07, 6.45) is 0. The van der Waals surface area contributed by atoms with Crippen LogP contribution in [-0.2, 0) is 6.61 Å². The summed E-state index contributed by atoms with van der Waals surface area (Å²) in [4.78, 5) is 10.4. The molecule has 0 spiro atoms. The minimum absolute atomic E-state index is 0.0979. The Bertz CT molecular complexity index is 609. The van der Waals surface area contributed by atoms with E-state index in [0.29, 0.717) is 11.3 Å². The second kappa shape index (κ2) is 5.92. The number of nitro groups is 1. The first-order valence-electron chi connectivity index (χ1n) is 5.83. The highest BCUT2D eigenvalue weighted by atomic mass is 16.6. The van der Waals surface area contributed by atoms with E-state index in [1.54, 1.807) is 18.2 Å². The van der Waals surface area contributed by atoms with Crippen LogP contribution in [0.2, 0.25) is 0 Å². The minimum Gasteiger partial charge on any atom is -0.508 e. The summed E-state index contributed by atoms with van der Waals surface area (Å²) in [5.74, 6) is 0.932. The molecule has 20 heavy (non-hydrogen) atoms. The quantitative estimate of drug-likeness (QED) is 0.670. The Labute approximate surface area is 115 Å². The van der Waals surface area contributed by atoms with Gasteiger partial charge in [0.15, 0.2) is 5.75 Å². The molecular weight excluding hydrogens is 262 g/mol. The van der Waals surface area contributed by atoms with Crippen LogP contribution in [0.1, 0.15) is 5.56 Å². The van der Waals surface area contributed by atoms with Crippen LogP contribution in [-0.4, -0.2) is 17.1 Å². The molecule has 6 nitrogen and oxygen atoms in total. The van der Waals surface area contributed by atoms with Gasteiger partial charge in [0.05, 0.1) is 12.0 Å². The number of phenols is 1. The van der Waals surface area contributed by atoms with Crippen molar-refractivity contribution in [1.29, 1.82) is 0 Å². The van der Waals surface area contributed by atoms with E-state index in [0.717, 1.165) is 0 Å². The lowest BCUT2D eigenvalue weighted by Gasteiger charge is -2.07. The van der Waals surface area contributed by atoms with Gasteiger partial charge in [-0.15, -0.1) is 0 Å². The Morgan fingerprint density at radius 1 is 1.20 bits per heavy atom. The zero-order valence-electron chi connectivity index (χ0n) is 10.8.